The van der Waals surface area contributed by atoms with Crippen LogP contribution in [-0.2, 0) is 4.79 Å². The van der Waals surface area contributed by atoms with Crippen LogP contribution in [0.3, 0.4) is 0 Å². The number of amides is 1. The summed E-state index contributed by atoms with van der Waals surface area (Å²) in [7, 11) is 0. The van der Waals surface area contributed by atoms with E-state index in [9.17, 15) is 4.79 Å². The predicted octanol–water partition coefficient (Wildman–Crippen LogP) is 3.16. The van der Waals surface area contributed by atoms with E-state index in [1.807, 2.05) is 18.2 Å². The number of anilines is 2. The van der Waals surface area contributed by atoms with Crippen molar-refractivity contribution < 1.29 is 9.90 Å². The Bertz CT molecular complexity index is 595. The Kier molecular flexibility index (Phi) is 4.76. The van der Waals surface area contributed by atoms with Gasteiger partial charge in [-0.2, -0.15) is 0 Å². The van der Waals surface area contributed by atoms with Gasteiger partial charge in [0.1, 0.15) is 6.61 Å². The molecule has 0 aliphatic rings. The summed E-state index contributed by atoms with van der Waals surface area (Å²) in [6.45, 7) is 3.70. The highest BCUT2D eigenvalue weighted by Gasteiger charge is 2.10. The van der Waals surface area contributed by atoms with Gasteiger partial charge >= 0.3 is 0 Å². The van der Waals surface area contributed by atoms with Crippen LogP contribution in [0.15, 0.2) is 35.7 Å². The lowest BCUT2D eigenvalue weighted by Gasteiger charge is -2.16. The maximum absolute atomic E-state index is 11.2. The van der Waals surface area contributed by atoms with E-state index in [2.05, 4.69) is 35.9 Å². The van der Waals surface area contributed by atoms with Crippen molar-refractivity contribution in [2.75, 3.05) is 17.2 Å². The van der Waals surface area contributed by atoms with E-state index in [1.54, 1.807) is 17.4 Å². The molecular weight excluding hydrogens is 272 g/mol. The molecule has 0 saturated heterocycles. The first-order chi connectivity index (χ1) is 9.60. The highest BCUT2D eigenvalue weighted by molar-refractivity contribution is 7.10. The Morgan fingerprint density at radius 2 is 2.10 bits per heavy atom. The van der Waals surface area contributed by atoms with Gasteiger partial charge in [-0.3, -0.25) is 4.79 Å². The fraction of sp³-hybridized carbons (Fsp3) is 0.267. The molecule has 2 aromatic rings. The van der Waals surface area contributed by atoms with Gasteiger partial charge in [0, 0.05) is 16.3 Å². The SMILES string of the molecule is Cc1ccsc1C(C)Nc1cccc(NC(=O)CO)c1. The van der Waals surface area contributed by atoms with Crippen molar-refractivity contribution in [3.63, 3.8) is 0 Å². The molecule has 1 heterocycles. The van der Waals surface area contributed by atoms with E-state index in [0.717, 1.165) is 5.69 Å². The molecular formula is C15H18N2O2S. The van der Waals surface area contributed by atoms with Crippen LogP contribution in [-0.4, -0.2) is 17.6 Å². The average molecular weight is 290 g/mol. The van der Waals surface area contributed by atoms with Gasteiger partial charge in [-0.1, -0.05) is 6.07 Å². The van der Waals surface area contributed by atoms with E-state index in [-0.39, 0.29) is 6.04 Å². The van der Waals surface area contributed by atoms with Crippen molar-refractivity contribution in [1.82, 2.24) is 0 Å². The van der Waals surface area contributed by atoms with Gasteiger partial charge in [-0.15, -0.1) is 11.3 Å². The molecule has 0 saturated carbocycles. The second-order valence-electron chi connectivity index (χ2n) is 4.62. The number of hydrogen-bond acceptors (Lipinski definition) is 4. The Morgan fingerprint density at radius 3 is 2.75 bits per heavy atom. The molecule has 0 aliphatic carbocycles. The molecule has 5 heteroatoms. The first-order valence-corrected chi connectivity index (χ1v) is 7.29. The number of aliphatic hydroxyl groups excluding tert-OH is 1. The topological polar surface area (TPSA) is 61.4 Å². The molecule has 106 valence electrons. The van der Waals surface area contributed by atoms with Crippen LogP contribution in [0.25, 0.3) is 0 Å². The first kappa shape index (κ1) is 14.6. The van der Waals surface area contributed by atoms with E-state index in [0.29, 0.717) is 5.69 Å². The lowest BCUT2D eigenvalue weighted by atomic mass is 10.2. The summed E-state index contributed by atoms with van der Waals surface area (Å²) in [5.74, 6) is -0.413. The minimum absolute atomic E-state index is 0.207. The van der Waals surface area contributed by atoms with Crippen molar-refractivity contribution >= 4 is 28.6 Å². The number of carbonyl (C=O) groups excluding carboxylic acids is 1. The third kappa shape index (κ3) is 3.59. The molecule has 1 amide bonds. The molecule has 0 bridgehead atoms. The van der Waals surface area contributed by atoms with E-state index < -0.39 is 12.5 Å². The van der Waals surface area contributed by atoms with Crippen LogP contribution in [0, 0.1) is 6.92 Å². The average Bonchev–Trinajstić information content (AvgIpc) is 2.85. The van der Waals surface area contributed by atoms with Crippen molar-refractivity contribution in [3.05, 3.63) is 46.2 Å². The predicted molar refractivity (Wildman–Crippen MR) is 83.3 cm³/mol. The molecule has 3 N–H and O–H groups in total. The van der Waals surface area contributed by atoms with Gasteiger partial charge in [-0.25, -0.2) is 0 Å². The largest absolute Gasteiger partial charge is 0.387 e. The Morgan fingerprint density at radius 1 is 1.35 bits per heavy atom. The Labute approximate surface area is 122 Å². The molecule has 2 rings (SSSR count). The quantitative estimate of drug-likeness (QED) is 0.792. The van der Waals surface area contributed by atoms with E-state index in [4.69, 9.17) is 5.11 Å². The number of nitrogens with one attached hydrogen (secondary N) is 2. The first-order valence-electron chi connectivity index (χ1n) is 6.41. The number of aliphatic hydroxyl groups is 1. The van der Waals surface area contributed by atoms with Crippen LogP contribution in [0.4, 0.5) is 11.4 Å². The highest BCUT2D eigenvalue weighted by Crippen LogP contribution is 2.27. The van der Waals surface area contributed by atoms with Crippen molar-refractivity contribution in [2.24, 2.45) is 0 Å². The van der Waals surface area contributed by atoms with Crippen molar-refractivity contribution in [1.29, 1.82) is 0 Å². The minimum Gasteiger partial charge on any atom is -0.387 e. The molecule has 20 heavy (non-hydrogen) atoms. The van der Waals surface area contributed by atoms with Crippen LogP contribution in [0.5, 0.6) is 0 Å². The highest BCUT2D eigenvalue weighted by atomic mass is 32.1. The standard InChI is InChI=1S/C15H18N2O2S/c1-10-6-7-20-15(10)11(2)16-12-4-3-5-13(8-12)17-14(19)9-18/h3-8,11,16,18H,9H2,1-2H3,(H,17,19). The van der Waals surface area contributed by atoms with Gasteiger partial charge in [0.2, 0.25) is 5.91 Å². The van der Waals surface area contributed by atoms with Gasteiger partial charge in [0.05, 0.1) is 6.04 Å². The lowest BCUT2D eigenvalue weighted by Crippen LogP contribution is -2.15. The number of aryl methyl sites for hydroxylation is 1. The molecule has 0 spiro atoms. The lowest BCUT2D eigenvalue weighted by molar-refractivity contribution is -0.118. The van der Waals surface area contributed by atoms with Crippen molar-refractivity contribution in [2.45, 2.75) is 19.9 Å². The third-order valence-electron chi connectivity index (χ3n) is 2.97. The molecule has 4 nitrogen and oxygen atoms in total. The fourth-order valence-electron chi connectivity index (χ4n) is 2.03. The Balaban J connectivity index is 2.08. The van der Waals surface area contributed by atoms with Crippen LogP contribution < -0.4 is 10.6 Å². The molecule has 0 radical (unpaired) electrons. The Hall–Kier alpha value is -1.85. The zero-order valence-corrected chi connectivity index (χ0v) is 12.3. The zero-order chi connectivity index (χ0) is 14.5. The number of benzene rings is 1. The summed E-state index contributed by atoms with van der Waals surface area (Å²) in [6, 6.07) is 9.78. The minimum atomic E-state index is -0.511. The third-order valence-corrected chi connectivity index (χ3v) is 4.17. The normalized spacial score (nSPS) is 11.9. The molecule has 1 aromatic carbocycles. The van der Waals surface area contributed by atoms with Crippen LogP contribution in [0.1, 0.15) is 23.4 Å². The molecule has 1 atom stereocenters. The summed E-state index contributed by atoms with van der Waals surface area (Å²) >= 11 is 1.73. The van der Waals surface area contributed by atoms with Gasteiger partial charge in [0.25, 0.3) is 0 Å². The number of hydrogen-bond donors (Lipinski definition) is 3. The van der Waals surface area contributed by atoms with Crippen LogP contribution in [0.2, 0.25) is 0 Å². The number of rotatable bonds is 5. The summed E-state index contributed by atoms with van der Waals surface area (Å²) in [4.78, 5) is 12.5. The molecule has 1 aromatic heterocycles. The van der Waals surface area contributed by atoms with E-state index >= 15 is 0 Å². The zero-order valence-electron chi connectivity index (χ0n) is 11.5. The summed E-state index contributed by atoms with van der Waals surface area (Å²) in [5, 5.41) is 16.9. The van der Waals surface area contributed by atoms with Gasteiger partial charge in [-0.05, 0) is 49.1 Å². The summed E-state index contributed by atoms with van der Waals surface area (Å²) < 4.78 is 0. The smallest absolute Gasteiger partial charge is 0.250 e. The maximum Gasteiger partial charge on any atom is 0.250 e. The summed E-state index contributed by atoms with van der Waals surface area (Å²) in [6.07, 6.45) is 0. The molecule has 0 aliphatic heterocycles. The number of thiophene rings is 1. The van der Waals surface area contributed by atoms with Crippen molar-refractivity contribution in [3.8, 4) is 0 Å². The number of carbonyl (C=O) groups is 1. The molecule has 1 unspecified atom stereocenters. The van der Waals surface area contributed by atoms with E-state index in [1.165, 1.54) is 10.4 Å². The molecule has 0 fully saturated rings. The fourth-order valence-corrected chi connectivity index (χ4v) is 2.97. The maximum atomic E-state index is 11.2. The second-order valence-corrected chi connectivity index (χ2v) is 5.57. The second kappa shape index (κ2) is 6.54. The van der Waals surface area contributed by atoms with Gasteiger partial charge < -0.3 is 15.7 Å². The summed E-state index contributed by atoms with van der Waals surface area (Å²) in [5.41, 5.74) is 2.88. The van der Waals surface area contributed by atoms with Crippen LogP contribution >= 0.6 is 11.3 Å². The monoisotopic (exact) mass is 290 g/mol. The van der Waals surface area contributed by atoms with Gasteiger partial charge in [0.15, 0.2) is 0 Å².